The SMILES string of the molecule is Cc1[nH]nc(N)c1-c1ccc(B2OC(C)(C)C(C)(C)O2)cc1. The van der Waals surface area contributed by atoms with Crippen LogP contribution >= 0.6 is 0 Å². The number of benzene rings is 1. The van der Waals surface area contributed by atoms with Crippen molar-refractivity contribution in [2.75, 3.05) is 5.73 Å². The first kappa shape index (κ1) is 15.1. The van der Waals surface area contributed by atoms with Gasteiger partial charge in [-0.2, -0.15) is 5.10 Å². The highest BCUT2D eigenvalue weighted by Gasteiger charge is 2.51. The van der Waals surface area contributed by atoms with Crippen molar-refractivity contribution in [2.45, 2.75) is 45.8 Å². The number of hydrogen-bond acceptors (Lipinski definition) is 4. The van der Waals surface area contributed by atoms with Gasteiger partial charge in [-0.3, -0.25) is 5.10 Å². The van der Waals surface area contributed by atoms with Crippen LogP contribution in [0.15, 0.2) is 24.3 Å². The summed E-state index contributed by atoms with van der Waals surface area (Å²) in [6.07, 6.45) is 0. The Bertz CT molecular complexity index is 656. The number of hydrogen-bond donors (Lipinski definition) is 2. The third-order valence-corrected chi connectivity index (χ3v) is 4.70. The number of rotatable bonds is 2. The van der Waals surface area contributed by atoms with Crippen molar-refractivity contribution in [1.82, 2.24) is 10.2 Å². The van der Waals surface area contributed by atoms with E-state index < -0.39 is 0 Å². The monoisotopic (exact) mass is 299 g/mol. The van der Waals surface area contributed by atoms with Gasteiger partial charge in [-0.1, -0.05) is 24.3 Å². The maximum Gasteiger partial charge on any atom is 0.494 e. The van der Waals surface area contributed by atoms with Gasteiger partial charge >= 0.3 is 7.12 Å². The molecule has 1 aliphatic heterocycles. The molecule has 116 valence electrons. The second-order valence-electron chi connectivity index (χ2n) is 6.82. The first-order valence-corrected chi connectivity index (χ1v) is 7.48. The van der Waals surface area contributed by atoms with Crippen LogP contribution in [0.25, 0.3) is 11.1 Å². The van der Waals surface area contributed by atoms with E-state index >= 15 is 0 Å². The molecule has 0 unspecified atom stereocenters. The van der Waals surface area contributed by atoms with Gasteiger partial charge in [-0.05, 0) is 45.6 Å². The molecule has 1 aromatic carbocycles. The molecule has 0 radical (unpaired) electrons. The predicted octanol–water partition coefficient (Wildman–Crippen LogP) is 2.27. The van der Waals surface area contributed by atoms with Crippen molar-refractivity contribution in [3.8, 4) is 11.1 Å². The number of H-pyrrole nitrogens is 1. The van der Waals surface area contributed by atoms with Gasteiger partial charge in [0, 0.05) is 11.3 Å². The summed E-state index contributed by atoms with van der Waals surface area (Å²) in [5.74, 6) is 0.515. The number of nitrogens with two attached hydrogens (primary N) is 1. The zero-order chi connectivity index (χ0) is 16.1. The number of aromatic amines is 1. The molecule has 0 amide bonds. The zero-order valence-corrected chi connectivity index (χ0v) is 13.7. The first-order valence-electron chi connectivity index (χ1n) is 7.48. The topological polar surface area (TPSA) is 73.2 Å². The molecular formula is C16H22BN3O2. The summed E-state index contributed by atoms with van der Waals surface area (Å²) in [6.45, 7) is 10.2. The van der Waals surface area contributed by atoms with Crippen molar-refractivity contribution in [2.24, 2.45) is 0 Å². The molecule has 5 nitrogen and oxygen atoms in total. The van der Waals surface area contributed by atoms with E-state index in [2.05, 4.69) is 37.9 Å². The summed E-state index contributed by atoms with van der Waals surface area (Å²) < 4.78 is 12.1. The molecule has 22 heavy (non-hydrogen) atoms. The van der Waals surface area contributed by atoms with Crippen molar-refractivity contribution in [3.05, 3.63) is 30.0 Å². The summed E-state index contributed by atoms with van der Waals surface area (Å²) in [5, 5.41) is 6.94. The van der Waals surface area contributed by atoms with Gasteiger partial charge < -0.3 is 15.0 Å². The number of nitrogens with one attached hydrogen (secondary N) is 1. The minimum absolute atomic E-state index is 0.331. The van der Waals surface area contributed by atoms with E-state index in [4.69, 9.17) is 15.0 Å². The largest absolute Gasteiger partial charge is 0.494 e. The summed E-state index contributed by atoms with van der Waals surface area (Å²) in [6, 6.07) is 8.08. The molecule has 1 aromatic heterocycles. The lowest BCUT2D eigenvalue weighted by molar-refractivity contribution is 0.00578. The van der Waals surface area contributed by atoms with Crippen molar-refractivity contribution >= 4 is 18.4 Å². The van der Waals surface area contributed by atoms with Gasteiger partial charge in [0.25, 0.3) is 0 Å². The summed E-state index contributed by atoms with van der Waals surface area (Å²) in [7, 11) is -0.346. The smallest absolute Gasteiger partial charge is 0.399 e. The standard InChI is InChI=1S/C16H22BN3O2/c1-10-13(14(18)20-19-10)11-6-8-12(9-7-11)17-21-15(2,3)16(4,5)22-17/h6-9H,1-5H3,(H3,18,19,20). The van der Waals surface area contributed by atoms with E-state index in [1.165, 1.54) is 0 Å². The van der Waals surface area contributed by atoms with Gasteiger partial charge in [0.1, 0.15) is 0 Å². The average Bonchev–Trinajstić information content (AvgIpc) is 2.87. The Morgan fingerprint density at radius 2 is 1.59 bits per heavy atom. The van der Waals surface area contributed by atoms with Crippen LogP contribution in [0.5, 0.6) is 0 Å². The Morgan fingerprint density at radius 1 is 1.05 bits per heavy atom. The zero-order valence-electron chi connectivity index (χ0n) is 13.7. The van der Waals surface area contributed by atoms with Crippen LogP contribution in [0.3, 0.4) is 0 Å². The lowest BCUT2D eigenvalue weighted by Crippen LogP contribution is -2.41. The summed E-state index contributed by atoms with van der Waals surface area (Å²) in [5.41, 5.74) is 9.19. The van der Waals surface area contributed by atoms with E-state index in [0.29, 0.717) is 5.82 Å². The molecule has 0 aliphatic carbocycles. The highest BCUT2D eigenvalue weighted by Crippen LogP contribution is 2.36. The van der Waals surface area contributed by atoms with Crippen LogP contribution in [-0.4, -0.2) is 28.5 Å². The molecular weight excluding hydrogens is 277 g/mol. The third-order valence-electron chi connectivity index (χ3n) is 4.70. The van der Waals surface area contributed by atoms with E-state index in [0.717, 1.165) is 22.3 Å². The fourth-order valence-electron chi connectivity index (χ4n) is 2.60. The highest BCUT2D eigenvalue weighted by atomic mass is 16.7. The van der Waals surface area contributed by atoms with Crippen molar-refractivity contribution < 1.29 is 9.31 Å². The molecule has 1 saturated heterocycles. The Hall–Kier alpha value is -1.79. The number of nitrogens with zero attached hydrogens (tertiary/aromatic N) is 1. The van der Waals surface area contributed by atoms with Gasteiger partial charge in [0.2, 0.25) is 0 Å². The lowest BCUT2D eigenvalue weighted by Gasteiger charge is -2.32. The average molecular weight is 299 g/mol. The van der Waals surface area contributed by atoms with Crippen LogP contribution in [-0.2, 0) is 9.31 Å². The third kappa shape index (κ3) is 2.32. The molecule has 6 heteroatoms. The highest BCUT2D eigenvalue weighted by molar-refractivity contribution is 6.62. The summed E-state index contributed by atoms with van der Waals surface area (Å²) >= 11 is 0. The van der Waals surface area contributed by atoms with Crippen LogP contribution in [0, 0.1) is 6.92 Å². The van der Waals surface area contributed by atoms with E-state index in [1.807, 2.05) is 31.2 Å². The van der Waals surface area contributed by atoms with E-state index in [9.17, 15) is 0 Å². The Morgan fingerprint density at radius 3 is 2.05 bits per heavy atom. The Labute approximate surface area is 131 Å². The van der Waals surface area contributed by atoms with Crippen molar-refractivity contribution in [3.63, 3.8) is 0 Å². The second-order valence-corrected chi connectivity index (χ2v) is 6.82. The number of anilines is 1. The van der Waals surface area contributed by atoms with Crippen LogP contribution in [0.4, 0.5) is 5.82 Å². The number of nitrogen functional groups attached to an aromatic ring is 1. The molecule has 1 fully saturated rings. The molecule has 3 N–H and O–H groups in total. The summed E-state index contributed by atoms with van der Waals surface area (Å²) in [4.78, 5) is 0. The van der Waals surface area contributed by atoms with Crippen LogP contribution in [0.2, 0.25) is 0 Å². The normalized spacial score (nSPS) is 19.6. The molecule has 0 bridgehead atoms. The van der Waals surface area contributed by atoms with E-state index in [-0.39, 0.29) is 18.3 Å². The van der Waals surface area contributed by atoms with E-state index in [1.54, 1.807) is 0 Å². The van der Waals surface area contributed by atoms with Gasteiger partial charge in [-0.25, -0.2) is 0 Å². The maximum atomic E-state index is 6.06. The van der Waals surface area contributed by atoms with Crippen molar-refractivity contribution in [1.29, 1.82) is 0 Å². The van der Waals surface area contributed by atoms with Gasteiger partial charge in [-0.15, -0.1) is 0 Å². The van der Waals surface area contributed by atoms with Gasteiger partial charge in [0.15, 0.2) is 5.82 Å². The number of aryl methyl sites for hydroxylation is 1. The fourth-order valence-corrected chi connectivity index (χ4v) is 2.60. The lowest BCUT2D eigenvalue weighted by atomic mass is 9.78. The first-order chi connectivity index (χ1) is 10.2. The molecule has 0 saturated carbocycles. The second kappa shape index (κ2) is 4.86. The molecule has 2 heterocycles. The molecule has 3 rings (SSSR count). The van der Waals surface area contributed by atoms with Gasteiger partial charge in [0.05, 0.1) is 11.2 Å². The predicted molar refractivity (Wildman–Crippen MR) is 88.9 cm³/mol. The molecule has 0 atom stereocenters. The molecule has 2 aromatic rings. The molecule has 1 aliphatic rings. The minimum atomic E-state index is -0.346. The maximum absolute atomic E-state index is 6.06. The fraction of sp³-hybridized carbons (Fsp3) is 0.438. The minimum Gasteiger partial charge on any atom is -0.399 e. The quantitative estimate of drug-likeness (QED) is 0.834. The Kier molecular flexibility index (Phi) is 3.34. The van der Waals surface area contributed by atoms with Crippen LogP contribution < -0.4 is 11.2 Å². The molecule has 0 spiro atoms. The van der Waals surface area contributed by atoms with Crippen LogP contribution in [0.1, 0.15) is 33.4 Å². The number of aromatic nitrogens is 2. The Balaban J connectivity index is 1.87.